The Morgan fingerprint density at radius 1 is 1.00 bits per heavy atom. The van der Waals surface area contributed by atoms with Crippen molar-refractivity contribution < 1.29 is 4.79 Å². The van der Waals surface area contributed by atoms with Crippen LogP contribution < -0.4 is 16.0 Å². The zero-order chi connectivity index (χ0) is 21.0. The number of aliphatic imine (C=N–C) groups is 1. The lowest BCUT2D eigenvalue weighted by Crippen LogP contribution is -2.44. The van der Waals surface area contributed by atoms with Gasteiger partial charge in [0, 0.05) is 19.6 Å². The van der Waals surface area contributed by atoms with E-state index in [1.807, 2.05) is 33.8 Å². The van der Waals surface area contributed by atoms with Gasteiger partial charge in [-0.25, -0.2) is 0 Å². The quantitative estimate of drug-likeness (QED) is 0.239. The number of nitrogens with zero attached hydrogens (tertiary/aromatic N) is 2. The van der Waals surface area contributed by atoms with E-state index in [2.05, 4.69) is 64.0 Å². The van der Waals surface area contributed by atoms with Gasteiger partial charge < -0.3 is 16.0 Å². The summed E-state index contributed by atoms with van der Waals surface area (Å²) < 4.78 is 0. The molecular formula is C22H40IN5O. The van der Waals surface area contributed by atoms with Gasteiger partial charge in [-0.1, -0.05) is 44.2 Å². The zero-order valence-corrected chi connectivity index (χ0v) is 21.2. The molecule has 1 amide bonds. The second-order valence-electron chi connectivity index (χ2n) is 7.47. The van der Waals surface area contributed by atoms with Gasteiger partial charge in [-0.05, 0) is 46.3 Å². The van der Waals surface area contributed by atoms with E-state index in [1.54, 1.807) is 0 Å². The van der Waals surface area contributed by atoms with Crippen LogP contribution >= 0.6 is 24.0 Å². The molecule has 0 saturated heterocycles. The smallest absolute Gasteiger partial charge is 0.227 e. The number of carbonyl (C=O) groups excluding carboxylic acids is 1. The van der Waals surface area contributed by atoms with Crippen LogP contribution in [-0.2, 0) is 4.79 Å². The van der Waals surface area contributed by atoms with Crippen LogP contribution in [0.5, 0.6) is 0 Å². The molecule has 1 aromatic rings. The molecule has 0 aliphatic carbocycles. The Kier molecular flexibility index (Phi) is 13.9. The summed E-state index contributed by atoms with van der Waals surface area (Å²) >= 11 is 0. The topological polar surface area (TPSA) is 68.8 Å². The van der Waals surface area contributed by atoms with Crippen LogP contribution in [0, 0.1) is 5.41 Å². The van der Waals surface area contributed by atoms with Gasteiger partial charge >= 0.3 is 0 Å². The van der Waals surface area contributed by atoms with Crippen LogP contribution in [0.15, 0.2) is 35.3 Å². The zero-order valence-electron chi connectivity index (χ0n) is 18.9. The monoisotopic (exact) mass is 517 g/mol. The predicted molar refractivity (Wildman–Crippen MR) is 134 cm³/mol. The molecule has 0 aliphatic rings. The van der Waals surface area contributed by atoms with E-state index >= 15 is 0 Å². The minimum Gasteiger partial charge on any atom is -0.357 e. The van der Waals surface area contributed by atoms with Crippen molar-refractivity contribution in [2.75, 3.05) is 39.3 Å². The highest BCUT2D eigenvalue weighted by atomic mass is 127. The second kappa shape index (κ2) is 14.6. The number of nitrogens with one attached hydrogen (secondary N) is 3. The third kappa shape index (κ3) is 9.33. The normalized spacial score (nSPS) is 12.9. The van der Waals surface area contributed by atoms with Crippen LogP contribution in [0.25, 0.3) is 0 Å². The number of carbonyl (C=O) groups is 1. The second-order valence-corrected chi connectivity index (χ2v) is 7.47. The first-order valence-electron chi connectivity index (χ1n) is 10.5. The van der Waals surface area contributed by atoms with Gasteiger partial charge in [0.2, 0.25) is 5.91 Å². The molecule has 29 heavy (non-hydrogen) atoms. The standard InChI is InChI=1S/C22H39N5O.HI/c1-7-23-20(28)22(5,6)17-26-21(24-8-2)25-16-19(27(9-3)10-4)18-14-12-11-13-15-18;/h11-15,19H,7-10,16-17H2,1-6H3,(H,23,28)(H2,24,25,26);1H. The van der Waals surface area contributed by atoms with Gasteiger partial charge in [0.15, 0.2) is 5.96 Å². The highest BCUT2D eigenvalue weighted by Gasteiger charge is 2.27. The highest BCUT2D eigenvalue weighted by molar-refractivity contribution is 14.0. The molecule has 1 atom stereocenters. The lowest BCUT2D eigenvalue weighted by atomic mass is 9.92. The molecule has 6 nitrogen and oxygen atoms in total. The summed E-state index contributed by atoms with van der Waals surface area (Å²) in [5.41, 5.74) is 0.744. The van der Waals surface area contributed by atoms with E-state index in [4.69, 9.17) is 0 Å². The SMILES string of the molecule is CCNC(=O)C(C)(C)CN=C(NCC)NCC(c1ccccc1)N(CC)CC.I. The van der Waals surface area contributed by atoms with Crippen molar-refractivity contribution in [3.05, 3.63) is 35.9 Å². The van der Waals surface area contributed by atoms with Gasteiger partial charge in [-0.15, -0.1) is 24.0 Å². The number of hydrogen-bond donors (Lipinski definition) is 3. The molecule has 7 heteroatoms. The lowest BCUT2D eigenvalue weighted by Gasteiger charge is -2.31. The molecule has 0 saturated carbocycles. The van der Waals surface area contributed by atoms with Crippen molar-refractivity contribution in [1.82, 2.24) is 20.9 Å². The molecule has 1 rings (SSSR count). The third-order valence-electron chi connectivity index (χ3n) is 4.83. The molecule has 0 aromatic heterocycles. The van der Waals surface area contributed by atoms with Crippen LogP contribution in [0.3, 0.4) is 0 Å². The largest absolute Gasteiger partial charge is 0.357 e. The van der Waals surface area contributed by atoms with Gasteiger partial charge in [-0.2, -0.15) is 0 Å². The number of benzene rings is 1. The van der Waals surface area contributed by atoms with Crippen LogP contribution in [0.4, 0.5) is 0 Å². The van der Waals surface area contributed by atoms with E-state index in [-0.39, 0.29) is 35.9 Å². The minimum absolute atomic E-state index is 0. The summed E-state index contributed by atoms with van der Waals surface area (Å²) in [6, 6.07) is 10.8. The molecule has 3 N–H and O–H groups in total. The molecule has 0 bridgehead atoms. The van der Waals surface area contributed by atoms with Crippen molar-refractivity contribution in [2.24, 2.45) is 10.4 Å². The molecule has 166 valence electrons. The highest BCUT2D eigenvalue weighted by Crippen LogP contribution is 2.19. The van der Waals surface area contributed by atoms with E-state index in [0.29, 0.717) is 13.1 Å². The van der Waals surface area contributed by atoms with Crippen molar-refractivity contribution in [3.63, 3.8) is 0 Å². The number of hydrogen-bond acceptors (Lipinski definition) is 3. The summed E-state index contributed by atoms with van der Waals surface area (Å²) in [6.45, 7) is 16.7. The third-order valence-corrected chi connectivity index (χ3v) is 4.83. The predicted octanol–water partition coefficient (Wildman–Crippen LogP) is 3.40. The van der Waals surface area contributed by atoms with Crippen LogP contribution in [0.2, 0.25) is 0 Å². The first kappa shape index (κ1) is 27.6. The van der Waals surface area contributed by atoms with Crippen molar-refractivity contribution >= 4 is 35.8 Å². The number of halogens is 1. The molecule has 0 spiro atoms. The molecule has 0 aliphatic heterocycles. The van der Waals surface area contributed by atoms with Crippen molar-refractivity contribution in [1.29, 1.82) is 0 Å². The van der Waals surface area contributed by atoms with Gasteiger partial charge in [0.1, 0.15) is 0 Å². The maximum Gasteiger partial charge on any atom is 0.227 e. The Morgan fingerprint density at radius 3 is 2.10 bits per heavy atom. The average Bonchev–Trinajstić information content (AvgIpc) is 2.70. The molecule has 0 fully saturated rings. The van der Waals surface area contributed by atoms with E-state index in [9.17, 15) is 4.79 Å². The molecule has 0 heterocycles. The summed E-state index contributed by atoms with van der Waals surface area (Å²) in [7, 11) is 0. The van der Waals surface area contributed by atoms with Gasteiger partial charge in [-0.3, -0.25) is 14.7 Å². The van der Waals surface area contributed by atoms with Crippen molar-refractivity contribution in [3.8, 4) is 0 Å². The number of guanidine groups is 1. The molecule has 1 unspecified atom stereocenters. The van der Waals surface area contributed by atoms with Gasteiger partial charge in [0.05, 0.1) is 18.0 Å². The maximum absolute atomic E-state index is 12.2. The fourth-order valence-electron chi connectivity index (χ4n) is 3.08. The Hall–Kier alpha value is -1.35. The Bertz CT molecular complexity index is 602. The molecule has 1 aromatic carbocycles. The fraction of sp³-hybridized carbons (Fsp3) is 0.636. The summed E-state index contributed by atoms with van der Waals surface area (Å²) in [6.07, 6.45) is 0. The maximum atomic E-state index is 12.2. The Balaban J connectivity index is 0.00000784. The Morgan fingerprint density at radius 2 is 1.59 bits per heavy atom. The van der Waals surface area contributed by atoms with Crippen molar-refractivity contribution in [2.45, 2.75) is 47.6 Å². The van der Waals surface area contributed by atoms with E-state index in [1.165, 1.54) is 5.56 Å². The first-order chi connectivity index (χ1) is 13.4. The van der Waals surface area contributed by atoms with E-state index in [0.717, 1.165) is 32.1 Å². The minimum atomic E-state index is -0.546. The molecular weight excluding hydrogens is 477 g/mol. The number of likely N-dealkylation sites (N-methyl/N-ethyl adjacent to an activating group) is 1. The van der Waals surface area contributed by atoms with E-state index < -0.39 is 5.41 Å². The average molecular weight is 518 g/mol. The Labute approximate surface area is 194 Å². The summed E-state index contributed by atoms with van der Waals surface area (Å²) in [5.74, 6) is 0.771. The van der Waals surface area contributed by atoms with Gasteiger partial charge in [0.25, 0.3) is 0 Å². The first-order valence-corrected chi connectivity index (χ1v) is 10.5. The number of amides is 1. The summed E-state index contributed by atoms with van der Waals surface area (Å²) in [5, 5.41) is 9.66. The van der Waals surface area contributed by atoms with Crippen LogP contribution in [0.1, 0.15) is 53.1 Å². The lowest BCUT2D eigenvalue weighted by molar-refractivity contribution is -0.128. The molecule has 0 radical (unpaired) electrons. The fourth-order valence-corrected chi connectivity index (χ4v) is 3.08. The van der Waals surface area contributed by atoms with Crippen LogP contribution in [-0.4, -0.2) is 56.0 Å². The summed E-state index contributed by atoms with van der Waals surface area (Å²) in [4.78, 5) is 19.3. The number of rotatable bonds is 11.